The van der Waals surface area contributed by atoms with E-state index in [0.29, 0.717) is 11.1 Å². The van der Waals surface area contributed by atoms with Crippen molar-refractivity contribution in [3.05, 3.63) is 94.8 Å². The van der Waals surface area contributed by atoms with Crippen LogP contribution in [0.15, 0.2) is 72.6 Å². The van der Waals surface area contributed by atoms with Crippen molar-refractivity contribution >= 4 is 43.6 Å². The van der Waals surface area contributed by atoms with Crippen molar-refractivity contribution < 1.29 is 40.1 Å². The fourth-order valence-electron chi connectivity index (χ4n) is 4.18. The third-order valence-corrected chi connectivity index (χ3v) is 6.02. The first-order valence-electron chi connectivity index (χ1n) is 16.1. The molecule has 0 bridgehead atoms. The van der Waals surface area contributed by atoms with Crippen molar-refractivity contribution in [1.82, 2.24) is 9.13 Å². The van der Waals surface area contributed by atoms with E-state index in [2.05, 4.69) is 0 Å². The summed E-state index contributed by atoms with van der Waals surface area (Å²) < 4.78 is 162. The molecule has 0 N–H and O–H groups in total. The van der Waals surface area contributed by atoms with Crippen LogP contribution >= 0.6 is 0 Å². The number of hydrogen-bond donors (Lipinski definition) is 0. The van der Waals surface area contributed by atoms with E-state index in [0.717, 1.165) is 6.07 Å². The topological polar surface area (TPSA) is 9.86 Å². The average Bonchev–Trinajstić information content (AvgIpc) is 3.43. The van der Waals surface area contributed by atoms with Crippen molar-refractivity contribution in [3.8, 4) is 0 Å². The molecule has 0 aliphatic carbocycles. The maximum Gasteiger partial charge on any atom is 0.416 e. The van der Waals surface area contributed by atoms with Crippen LogP contribution < -0.4 is 0 Å². The zero-order valence-electron chi connectivity index (χ0n) is 30.3. The molecular weight excluding hydrogens is 502 g/mol. The molecule has 0 fully saturated rings. The summed E-state index contributed by atoms with van der Waals surface area (Å²) in [6, 6.07) is -2.57. The molecule has 2 nitrogen and oxygen atoms in total. The molecule has 2 heterocycles. The van der Waals surface area contributed by atoms with E-state index in [-0.39, 0.29) is 73.9 Å². The summed E-state index contributed by atoms with van der Waals surface area (Å²) in [5.74, 6) is 0. The number of rotatable bonds is 0. The molecule has 38 heavy (non-hydrogen) atoms. The van der Waals surface area contributed by atoms with Crippen LogP contribution in [0.4, 0.5) is 26.3 Å². The second kappa shape index (κ2) is 8.82. The van der Waals surface area contributed by atoms with Crippen LogP contribution in [0.1, 0.15) is 36.0 Å². The van der Waals surface area contributed by atoms with Gasteiger partial charge in [-0.3, -0.25) is 0 Å². The summed E-state index contributed by atoms with van der Waals surface area (Å²) in [5, 5.41) is -0.141. The lowest BCUT2D eigenvalue weighted by Crippen LogP contribution is -2.04. The number of fused-ring (bicyclic) bond motifs is 6. The largest absolute Gasteiger partial charge is 0.416 e. The predicted molar refractivity (Wildman–Crippen MR) is 140 cm³/mol. The minimum atomic E-state index is -4.99. The molecule has 8 heteroatoms. The van der Waals surface area contributed by atoms with Gasteiger partial charge in [0.1, 0.15) is 0 Å². The van der Waals surface area contributed by atoms with Gasteiger partial charge in [0.2, 0.25) is 0 Å². The van der Waals surface area contributed by atoms with Crippen LogP contribution in [0.2, 0.25) is 0 Å². The van der Waals surface area contributed by atoms with Crippen LogP contribution in [0, 0.1) is 13.8 Å². The van der Waals surface area contributed by atoms with Gasteiger partial charge in [-0.2, -0.15) is 26.3 Å². The number of aryl methyl sites for hydroxylation is 2. The normalized spacial score (nSPS) is 16.2. The Hall–Kier alpha value is -3.94. The van der Waals surface area contributed by atoms with E-state index in [1.54, 1.807) is 14.0 Å². The zero-order valence-corrected chi connectivity index (χ0v) is 20.3. The van der Waals surface area contributed by atoms with Crippen LogP contribution in [0.25, 0.3) is 43.6 Å². The Kier molecular flexibility index (Phi) is 3.74. The monoisotopic (exact) mass is 536 g/mol. The van der Waals surface area contributed by atoms with Crippen molar-refractivity contribution in [1.29, 1.82) is 0 Å². The Morgan fingerprint density at radius 2 is 0.921 bits per heavy atom. The van der Waals surface area contributed by atoms with Gasteiger partial charge in [0.25, 0.3) is 0 Å². The van der Waals surface area contributed by atoms with E-state index in [4.69, 9.17) is 13.7 Å². The summed E-state index contributed by atoms with van der Waals surface area (Å²) in [6.07, 6.45) is -9.80. The molecule has 0 saturated heterocycles. The lowest BCUT2D eigenvalue weighted by atomic mass is 10.1. The maximum absolute atomic E-state index is 13.3. The van der Waals surface area contributed by atoms with Crippen LogP contribution in [-0.4, -0.2) is 9.13 Å². The summed E-state index contributed by atoms with van der Waals surface area (Å²) in [4.78, 5) is 0. The third kappa shape index (κ3) is 4.38. The Balaban J connectivity index is 0.000000188. The van der Waals surface area contributed by atoms with Gasteiger partial charge < -0.3 is 9.13 Å². The Morgan fingerprint density at radius 3 is 1.50 bits per heavy atom. The van der Waals surface area contributed by atoms with E-state index in [1.807, 2.05) is 0 Å². The molecule has 0 unspecified atom stereocenters. The molecule has 6 aromatic rings. The van der Waals surface area contributed by atoms with Gasteiger partial charge in [-0.25, -0.2) is 0 Å². The highest BCUT2D eigenvalue weighted by Gasteiger charge is 2.31. The molecule has 0 aliphatic rings. The third-order valence-electron chi connectivity index (χ3n) is 6.02. The SMILES string of the molecule is [2H]c1c(C)c([2H])c2c3c([2H])c(C(F)(F)F)c([2H])c([2H])c3n(C)c2c1[2H].[2H]c1cc2c(c([2H])c1C)c1c([2H])c(C(F)(F)F)c([2H])cc1n2C. The van der Waals surface area contributed by atoms with Crippen LogP contribution in [0.3, 0.4) is 0 Å². The van der Waals surface area contributed by atoms with Gasteiger partial charge in [-0.05, 0) is 74.3 Å². The van der Waals surface area contributed by atoms with Crippen LogP contribution in [-0.2, 0) is 26.4 Å². The molecule has 0 spiro atoms. The lowest BCUT2D eigenvalue weighted by molar-refractivity contribution is -0.138. The molecule has 0 radical (unpaired) electrons. The minimum absolute atomic E-state index is 0.000995. The molecule has 4 aromatic carbocycles. The highest BCUT2D eigenvalue weighted by atomic mass is 19.4. The van der Waals surface area contributed by atoms with Crippen molar-refractivity contribution in [3.63, 3.8) is 0 Å². The fraction of sp³-hybridized carbons (Fsp3) is 0.200. The molecule has 6 rings (SSSR count). The number of benzene rings is 4. The highest BCUT2D eigenvalue weighted by molar-refractivity contribution is 6.09. The first kappa shape index (κ1) is 16.1. The van der Waals surface area contributed by atoms with Crippen molar-refractivity contribution in [2.45, 2.75) is 26.2 Å². The second-order valence-electron chi connectivity index (χ2n) is 8.66. The average molecular weight is 537 g/mol. The fourth-order valence-corrected chi connectivity index (χ4v) is 4.18. The van der Waals surface area contributed by atoms with E-state index < -0.39 is 53.7 Å². The number of hydrogen-bond acceptors (Lipinski definition) is 0. The molecule has 0 aliphatic heterocycles. The predicted octanol–water partition coefficient (Wildman–Crippen LogP) is 9.32. The molecular formula is C30H24F6N2. The quantitative estimate of drug-likeness (QED) is 0.171. The first-order chi connectivity index (χ1) is 22.0. The van der Waals surface area contributed by atoms with E-state index in [9.17, 15) is 26.3 Å². The van der Waals surface area contributed by atoms with Gasteiger partial charge in [-0.1, -0.05) is 23.2 Å². The summed E-state index contributed by atoms with van der Waals surface area (Å²) in [6.45, 7) is 2.96. The summed E-state index contributed by atoms with van der Waals surface area (Å²) in [5.41, 5.74) is -1.80. The summed E-state index contributed by atoms with van der Waals surface area (Å²) in [7, 11) is 2.98. The van der Waals surface area contributed by atoms with Gasteiger partial charge >= 0.3 is 12.4 Å². The standard InChI is InChI=1S/2C15H12F3N/c2*1-9-3-5-13-11(7-9)12-8-10(15(16,17)18)4-6-14(12)19(13)2/h2*3-8H,1-2H3/i3D,4D,5D,6D,7D,8D;3D,4D,7D,8D. The molecule has 2 aromatic heterocycles. The van der Waals surface area contributed by atoms with Crippen molar-refractivity contribution in [2.24, 2.45) is 14.1 Å². The number of halogens is 6. The van der Waals surface area contributed by atoms with Gasteiger partial charge in [-0.15, -0.1) is 0 Å². The van der Waals surface area contributed by atoms with E-state index >= 15 is 0 Å². The zero-order chi connectivity index (χ0) is 36.3. The van der Waals surface area contributed by atoms with Crippen LogP contribution in [0.5, 0.6) is 0 Å². The van der Waals surface area contributed by atoms with E-state index in [1.165, 1.54) is 29.2 Å². The first-order valence-corrected chi connectivity index (χ1v) is 11.1. The Labute approximate surface area is 228 Å². The van der Waals surface area contributed by atoms with Crippen molar-refractivity contribution in [2.75, 3.05) is 0 Å². The molecule has 0 saturated carbocycles. The Bertz CT molecular complexity index is 2370. The lowest BCUT2D eigenvalue weighted by Gasteiger charge is -2.06. The maximum atomic E-state index is 13.3. The highest BCUT2D eigenvalue weighted by Crippen LogP contribution is 2.36. The van der Waals surface area contributed by atoms with Gasteiger partial charge in [0.15, 0.2) is 0 Å². The van der Waals surface area contributed by atoms with Gasteiger partial charge in [0.05, 0.1) is 24.8 Å². The smallest absolute Gasteiger partial charge is 0.344 e. The number of alkyl halides is 6. The van der Waals surface area contributed by atoms with Gasteiger partial charge in [0, 0.05) is 57.7 Å². The molecule has 196 valence electrons. The summed E-state index contributed by atoms with van der Waals surface area (Å²) >= 11 is 0. The molecule has 0 amide bonds. The number of nitrogens with zero attached hydrogens (tertiary/aromatic N) is 2. The minimum Gasteiger partial charge on any atom is -0.344 e. The number of aromatic nitrogens is 2. The second-order valence-corrected chi connectivity index (χ2v) is 8.66. The molecule has 0 atom stereocenters. The Morgan fingerprint density at radius 1 is 0.526 bits per heavy atom.